The Bertz CT molecular complexity index is 368. The number of likely N-dealkylation sites (N-methyl/N-ethyl adjacent to an activating group) is 2. The summed E-state index contributed by atoms with van der Waals surface area (Å²) in [7, 11) is 4.40. The second kappa shape index (κ2) is 8.13. The lowest BCUT2D eigenvalue weighted by Gasteiger charge is -2.38. The third kappa shape index (κ3) is 5.11. The van der Waals surface area contributed by atoms with Gasteiger partial charge in [-0.15, -0.1) is 0 Å². The Morgan fingerprint density at radius 2 is 2.14 bits per heavy atom. The first kappa shape index (κ1) is 17.5. The fourth-order valence-corrected chi connectivity index (χ4v) is 3.09. The van der Waals surface area contributed by atoms with E-state index in [0.29, 0.717) is 6.04 Å². The molecular weight excluding hydrogens is 278 g/mol. The van der Waals surface area contributed by atoms with Gasteiger partial charge in [0, 0.05) is 45.4 Å². The van der Waals surface area contributed by atoms with Crippen molar-refractivity contribution in [2.24, 2.45) is 4.99 Å². The Morgan fingerprint density at radius 1 is 1.32 bits per heavy atom. The molecule has 0 bridgehead atoms. The van der Waals surface area contributed by atoms with Gasteiger partial charge in [-0.2, -0.15) is 0 Å². The van der Waals surface area contributed by atoms with Crippen molar-refractivity contribution in [3.63, 3.8) is 0 Å². The van der Waals surface area contributed by atoms with Crippen molar-refractivity contribution < 1.29 is 4.74 Å². The minimum atomic E-state index is -0.0792. The van der Waals surface area contributed by atoms with Crippen LogP contribution in [0.25, 0.3) is 0 Å². The fraction of sp³-hybridized carbons (Fsp3) is 0.938. The molecule has 0 aromatic heterocycles. The maximum atomic E-state index is 5.82. The molecule has 0 saturated carbocycles. The fourth-order valence-electron chi connectivity index (χ4n) is 3.09. The van der Waals surface area contributed by atoms with Gasteiger partial charge in [-0.1, -0.05) is 0 Å². The highest BCUT2D eigenvalue weighted by Gasteiger charge is 2.29. The molecule has 2 N–H and O–H groups in total. The van der Waals surface area contributed by atoms with E-state index >= 15 is 0 Å². The molecule has 0 aromatic rings. The van der Waals surface area contributed by atoms with E-state index in [1.54, 1.807) is 0 Å². The zero-order valence-electron chi connectivity index (χ0n) is 14.7. The molecule has 6 heteroatoms. The van der Waals surface area contributed by atoms with Crippen LogP contribution in [0.5, 0.6) is 0 Å². The van der Waals surface area contributed by atoms with Gasteiger partial charge in [0.05, 0.1) is 12.1 Å². The monoisotopic (exact) mass is 311 g/mol. The van der Waals surface area contributed by atoms with Crippen molar-refractivity contribution in [3.05, 3.63) is 0 Å². The second-order valence-corrected chi connectivity index (χ2v) is 6.87. The SMILES string of the molecule is CCNC(=NCC1(C)CCCO1)NCC1CN(C)CCN1C. The van der Waals surface area contributed by atoms with E-state index in [1.165, 1.54) is 0 Å². The van der Waals surface area contributed by atoms with Crippen molar-refractivity contribution in [1.82, 2.24) is 20.4 Å². The Morgan fingerprint density at radius 3 is 2.82 bits per heavy atom. The molecule has 2 saturated heterocycles. The predicted octanol–water partition coefficient (Wildman–Crippen LogP) is 0.356. The standard InChI is InChI=1S/C16H33N5O/c1-5-17-15(19-13-16(2)7-6-10-22-16)18-11-14-12-20(3)8-9-21(14)4/h14H,5-13H2,1-4H3,(H2,17,18,19). The van der Waals surface area contributed by atoms with Crippen LogP contribution < -0.4 is 10.6 Å². The molecule has 2 rings (SSSR count). The largest absolute Gasteiger partial charge is 0.373 e. The van der Waals surface area contributed by atoms with E-state index in [0.717, 1.165) is 64.7 Å². The van der Waals surface area contributed by atoms with Crippen LogP contribution in [0.4, 0.5) is 0 Å². The molecule has 0 spiro atoms. The summed E-state index contributed by atoms with van der Waals surface area (Å²) in [5.41, 5.74) is -0.0792. The summed E-state index contributed by atoms with van der Waals surface area (Å²) in [6, 6.07) is 0.529. The zero-order chi connectivity index (χ0) is 16.0. The summed E-state index contributed by atoms with van der Waals surface area (Å²) in [6.45, 7) is 11.0. The molecule has 128 valence electrons. The molecular formula is C16H33N5O. The van der Waals surface area contributed by atoms with Crippen molar-refractivity contribution in [3.8, 4) is 0 Å². The first-order chi connectivity index (χ1) is 10.5. The van der Waals surface area contributed by atoms with Crippen LogP contribution in [0.15, 0.2) is 4.99 Å². The van der Waals surface area contributed by atoms with Gasteiger partial charge in [0.15, 0.2) is 5.96 Å². The lowest BCUT2D eigenvalue weighted by molar-refractivity contribution is 0.0283. The lowest BCUT2D eigenvalue weighted by Crippen LogP contribution is -2.55. The van der Waals surface area contributed by atoms with E-state index in [9.17, 15) is 0 Å². The maximum Gasteiger partial charge on any atom is 0.191 e. The number of rotatable bonds is 5. The molecule has 0 radical (unpaired) electrons. The number of hydrogen-bond donors (Lipinski definition) is 2. The van der Waals surface area contributed by atoms with Gasteiger partial charge >= 0.3 is 0 Å². The number of nitrogens with one attached hydrogen (secondary N) is 2. The Balaban J connectivity index is 1.85. The maximum absolute atomic E-state index is 5.82. The summed E-state index contributed by atoms with van der Waals surface area (Å²) in [5.74, 6) is 0.904. The van der Waals surface area contributed by atoms with Crippen molar-refractivity contribution in [1.29, 1.82) is 0 Å². The van der Waals surface area contributed by atoms with Crippen molar-refractivity contribution in [2.75, 3.05) is 60.0 Å². The molecule has 2 fully saturated rings. The summed E-state index contributed by atoms with van der Waals surface area (Å²) in [5, 5.41) is 6.84. The molecule has 2 aliphatic heterocycles. The smallest absolute Gasteiger partial charge is 0.191 e. The average molecular weight is 311 g/mol. The van der Waals surface area contributed by atoms with Gasteiger partial charge < -0.3 is 20.3 Å². The van der Waals surface area contributed by atoms with Crippen molar-refractivity contribution in [2.45, 2.75) is 38.3 Å². The summed E-state index contributed by atoms with van der Waals surface area (Å²) in [4.78, 5) is 9.55. The molecule has 2 heterocycles. The predicted molar refractivity (Wildman–Crippen MR) is 91.5 cm³/mol. The van der Waals surface area contributed by atoms with E-state index < -0.39 is 0 Å². The number of ether oxygens (including phenoxy) is 1. The zero-order valence-corrected chi connectivity index (χ0v) is 14.7. The van der Waals surface area contributed by atoms with Crippen LogP contribution in [-0.2, 0) is 4.74 Å². The second-order valence-electron chi connectivity index (χ2n) is 6.87. The van der Waals surface area contributed by atoms with Crippen LogP contribution in [0.1, 0.15) is 26.7 Å². The summed E-state index contributed by atoms with van der Waals surface area (Å²) in [6.07, 6.45) is 2.25. The Kier molecular flexibility index (Phi) is 6.47. The molecule has 6 nitrogen and oxygen atoms in total. The minimum Gasteiger partial charge on any atom is -0.373 e. The van der Waals surface area contributed by atoms with Crippen LogP contribution >= 0.6 is 0 Å². The highest BCUT2D eigenvalue weighted by atomic mass is 16.5. The number of piperazine rings is 1. The molecule has 2 aliphatic rings. The average Bonchev–Trinajstić information content (AvgIpc) is 2.92. The van der Waals surface area contributed by atoms with Gasteiger partial charge in [-0.3, -0.25) is 9.89 Å². The first-order valence-electron chi connectivity index (χ1n) is 8.57. The lowest BCUT2D eigenvalue weighted by atomic mass is 10.0. The molecule has 2 unspecified atom stereocenters. The third-order valence-corrected chi connectivity index (χ3v) is 4.70. The van der Waals surface area contributed by atoms with E-state index in [2.05, 4.69) is 48.4 Å². The number of nitrogens with zero attached hydrogens (tertiary/aromatic N) is 3. The van der Waals surface area contributed by atoms with Gasteiger partial charge in [-0.25, -0.2) is 0 Å². The highest BCUT2D eigenvalue weighted by molar-refractivity contribution is 5.79. The highest BCUT2D eigenvalue weighted by Crippen LogP contribution is 2.24. The summed E-state index contributed by atoms with van der Waals surface area (Å²) < 4.78 is 5.82. The minimum absolute atomic E-state index is 0.0792. The quantitative estimate of drug-likeness (QED) is 0.567. The number of guanidine groups is 1. The van der Waals surface area contributed by atoms with Gasteiger partial charge in [0.25, 0.3) is 0 Å². The van der Waals surface area contributed by atoms with Crippen LogP contribution in [0.3, 0.4) is 0 Å². The summed E-state index contributed by atoms with van der Waals surface area (Å²) >= 11 is 0. The van der Waals surface area contributed by atoms with Crippen LogP contribution in [0.2, 0.25) is 0 Å². The van der Waals surface area contributed by atoms with E-state index in [4.69, 9.17) is 9.73 Å². The van der Waals surface area contributed by atoms with Crippen LogP contribution in [0, 0.1) is 0 Å². The third-order valence-electron chi connectivity index (χ3n) is 4.70. The van der Waals surface area contributed by atoms with Gasteiger partial charge in [-0.05, 0) is 40.8 Å². The van der Waals surface area contributed by atoms with Crippen LogP contribution in [-0.4, -0.2) is 87.4 Å². The Hall–Kier alpha value is -0.850. The van der Waals surface area contributed by atoms with E-state index in [1.807, 2.05) is 0 Å². The Labute approximate surface area is 135 Å². The molecule has 0 aliphatic carbocycles. The van der Waals surface area contributed by atoms with Gasteiger partial charge in [0.1, 0.15) is 0 Å². The van der Waals surface area contributed by atoms with Gasteiger partial charge in [0.2, 0.25) is 0 Å². The first-order valence-corrected chi connectivity index (χ1v) is 8.57. The number of aliphatic imine (C=N–C) groups is 1. The van der Waals surface area contributed by atoms with Crippen molar-refractivity contribution >= 4 is 5.96 Å². The molecule has 0 amide bonds. The van der Waals surface area contributed by atoms with E-state index in [-0.39, 0.29) is 5.60 Å². The molecule has 0 aromatic carbocycles. The molecule has 2 atom stereocenters. The normalized spacial score (nSPS) is 31.5. The number of hydrogen-bond acceptors (Lipinski definition) is 4. The molecule has 22 heavy (non-hydrogen) atoms. The topological polar surface area (TPSA) is 52.1 Å².